The Balaban J connectivity index is 1.43. The molecule has 160 valence electrons. The number of thioether (sulfide) groups is 1. The van der Waals surface area contributed by atoms with Crippen molar-refractivity contribution < 1.29 is 9.53 Å². The second-order valence-electron chi connectivity index (χ2n) is 6.88. The minimum atomic E-state index is -0.0697. The number of nitrogens with zero attached hydrogens (tertiary/aromatic N) is 4. The van der Waals surface area contributed by atoms with Gasteiger partial charge >= 0.3 is 0 Å². The maximum Gasteiger partial charge on any atom is 0.233 e. The van der Waals surface area contributed by atoms with Crippen LogP contribution in [0, 0.1) is 0 Å². The minimum Gasteiger partial charge on any atom is -0.378 e. The van der Waals surface area contributed by atoms with Gasteiger partial charge in [0.15, 0.2) is 5.16 Å². The van der Waals surface area contributed by atoms with Gasteiger partial charge in [-0.1, -0.05) is 60.3 Å². The Labute approximate surface area is 185 Å². The Bertz CT molecular complexity index is 984. The van der Waals surface area contributed by atoms with Gasteiger partial charge < -0.3 is 20.3 Å². The number of morpholine rings is 1. The van der Waals surface area contributed by atoms with Crippen LogP contribution in [0.4, 0.5) is 17.6 Å². The van der Waals surface area contributed by atoms with Gasteiger partial charge in [-0.3, -0.25) is 4.79 Å². The SMILES string of the molecule is O=C(CSc1nc(Nc2ccccc2)nc(N2CCOCC2)n1)NCc1ccccc1. The van der Waals surface area contributed by atoms with Crippen molar-refractivity contribution in [1.82, 2.24) is 20.3 Å². The van der Waals surface area contributed by atoms with Crippen LogP contribution in [0.1, 0.15) is 5.56 Å². The van der Waals surface area contributed by atoms with Gasteiger partial charge in [0.1, 0.15) is 0 Å². The van der Waals surface area contributed by atoms with Crippen LogP contribution in [0.2, 0.25) is 0 Å². The van der Waals surface area contributed by atoms with Crippen LogP contribution in [-0.2, 0) is 16.1 Å². The molecule has 0 bridgehead atoms. The third-order valence-corrected chi connectivity index (χ3v) is 5.44. The summed E-state index contributed by atoms with van der Waals surface area (Å²) in [4.78, 5) is 28.0. The van der Waals surface area contributed by atoms with Crippen LogP contribution in [0.25, 0.3) is 0 Å². The predicted octanol–water partition coefficient (Wildman–Crippen LogP) is 2.86. The molecule has 9 heteroatoms. The molecule has 1 fully saturated rings. The molecule has 0 saturated carbocycles. The number of benzene rings is 2. The van der Waals surface area contributed by atoms with Gasteiger partial charge in [0.25, 0.3) is 0 Å². The maximum absolute atomic E-state index is 12.3. The highest BCUT2D eigenvalue weighted by molar-refractivity contribution is 7.99. The monoisotopic (exact) mass is 436 g/mol. The summed E-state index contributed by atoms with van der Waals surface area (Å²) in [6.45, 7) is 3.21. The summed E-state index contributed by atoms with van der Waals surface area (Å²) in [5, 5.41) is 6.66. The zero-order chi connectivity index (χ0) is 21.3. The predicted molar refractivity (Wildman–Crippen MR) is 122 cm³/mol. The van der Waals surface area contributed by atoms with E-state index in [2.05, 4.69) is 30.5 Å². The fraction of sp³-hybridized carbons (Fsp3) is 0.273. The van der Waals surface area contributed by atoms with Gasteiger partial charge in [-0.05, 0) is 17.7 Å². The van der Waals surface area contributed by atoms with Gasteiger partial charge in [0.2, 0.25) is 17.8 Å². The van der Waals surface area contributed by atoms with Crippen LogP contribution in [0.5, 0.6) is 0 Å². The van der Waals surface area contributed by atoms with Gasteiger partial charge in [-0.15, -0.1) is 0 Å². The van der Waals surface area contributed by atoms with E-state index < -0.39 is 0 Å². The number of hydrogen-bond donors (Lipinski definition) is 2. The zero-order valence-electron chi connectivity index (χ0n) is 17.0. The lowest BCUT2D eigenvalue weighted by atomic mass is 10.2. The van der Waals surface area contributed by atoms with E-state index in [1.165, 1.54) is 11.8 Å². The van der Waals surface area contributed by atoms with Gasteiger partial charge in [-0.2, -0.15) is 15.0 Å². The lowest BCUT2D eigenvalue weighted by Gasteiger charge is -2.27. The molecule has 0 atom stereocenters. The summed E-state index contributed by atoms with van der Waals surface area (Å²) >= 11 is 1.29. The van der Waals surface area contributed by atoms with E-state index in [4.69, 9.17) is 4.74 Å². The van der Waals surface area contributed by atoms with Crippen molar-refractivity contribution >= 4 is 35.3 Å². The second-order valence-corrected chi connectivity index (χ2v) is 7.83. The normalized spacial score (nSPS) is 13.6. The van der Waals surface area contributed by atoms with E-state index in [-0.39, 0.29) is 11.7 Å². The summed E-state index contributed by atoms with van der Waals surface area (Å²) in [5.74, 6) is 1.20. The fourth-order valence-corrected chi connectivity index (χ4v) is 3.66. The number of hydrogen-bond acceptors (Lipinski definition) is 8. The molecular formula is C22H24N6O2S. The quantitative estimate of drug-likeness (QED) is 0.521. The molecule has 0 radical (unpaired) electrons. The summed E-state index contributed by atoms with van der Waals surface area (Å²) in [6, 6.07) is 19.6. The minimum absolute atomic E-state index is 0.0697. The summed E-state index contributed by atoms with van der Waals surface area (Å²) in [7, 11) is 0. The average Bonchev–Trinajstić information content (AvgIpc) is 2.83. The van der Waals surface area contributed by atoms with Gasteiger partial charge in [0, 0.05) is 25.3 Å². The van der Waals surface area contributed by atoms with Crippen molar-refractivity contribution in [2.45, 2.75) is 11.7 Å². The number of carbonyl (C=O) groups is 1. The van der Waals surface area contributed by atoms with E-state index in [1.54, 1.807) is 0 Å². The molecule has 2 aromatic carbocycles. The Morgan fingerprint density at radius 1 is 0.968 bits per heavy atom. The van der Waals surface area contributed by atoms with Crippen molar-refractivity contribution in [3.05, 3.63) is 66.2 Å². The number of nitrogens with one attached hydrogen (secondary N) is 2. The smallest absolute Gasteiger partial charge is 0.233 e. The molecule has 4 rings (SSSR count). The van der Waals surface area contributed by atoms with Crippen molar-refractivity contribution in [3.8, 4) is 0 Å². The first-order chi connectivity index (χ1) is 15.3. The Morgan fingerprint density at radius 3 is 2.42 bits per heavy atom. The Hall–Kier alpha value is -3.17. The standard InChI is InChI=1S/C22H24N6O2S/c29-19(23-15-17-7-3-1-4-8-17)16-31-22-26-20(24-18-9-5-2-6-10-18)25-21(27-22)28-11-13-30-14-12-28/h1-10H,11-16H2,(H,23,29)(H,24,25,26,27). The molecule has 31 heavy (non-hydrogen) atoms. The summed E-state index contributed by atoms with van der Waals surface area (Å²) < 4.78 is 5.43. The molecule has 0 unspecified atom stereocenters. The molecule has 2 heterocycles. The summed E-state index contributed by atoms with van der Waals surface area (Å²) in [6.07, 6.45) is 0. The lowest BCUT2D eigenvalue weighted by Crippen LogP contribution is -2.37. The Morgan fingerprint density at radius 2 is 1.68 bits per heavy atom. The molecule has 3 aromatic rings. The molecule has 0 aliphatic carbocycles. The number of anilines is 3. The van der Waals surface area contributed by atoms with Gasteiger partial charge in [0.05, 0.1) is 19.0 Å². The van der Waals surface area contributed by atoms with Crippen molar-refractivity contribution in [2.75, 3.05) is 42.3 Å². The van der Waals surface area contributed by atoms with E-state index in [1.807, 2.05) is 60.7 Å². The highest BCUT2D eigenvalue weighted by Gasteiger charge is 2.17. The molecule has 1 aromatic heterocycles. The topological polar surface area (TPSA) is 92.3 Å². The number of ether oxygens (including phenoxy) is 1. The molecule has 1 aliphatic heterocycles. The van der Waals surface area contributed by atoms with Crippen molar-refractivity contribution in [2.24, 2.45) is 0 Å². The van der Waals surface area contributed by atoms with Gasteiger partial charge in [-0.25, -0.2) is 0 Å². The average molecular weight is 437 g/mol. The molecule has 2 N–H and O–H groups in total. The highest BCUT2D eigenvalue weighted by Crippen LogP contribution is 2.21. The van der Waals surface area contributed by atoms with Crippen LogP contribution < -0.4 is 15.5 Å². The molecule has 0 spiro atoms. The van der Waals surface area contributed by atoms with Crippen LogP contribution in [-0.4, -0.2) is 52.9 Å². The second kappa shape index (κ2) is 10.7. The number of amides is 1. The van der Waals surface area contributed by atoms with E-state index in [0.717, 1.165) is 24.3 Å². The van der Waals surface area contributed by atoms with E-state index in [0.29, 0.717) is 36.8 Å². The molecule has 1 saturated heterocycles. The van der Waals surface area contributed by atoms with E-state index in [9.17, 15) is 4.79 Å². The van der Waals surface area contributed by atoms with E-state index >= 15 is 0 Å². The third-order valence-electron chi connectivity index (χ3n) is 4.59. The highest BCUT2D eigenvalue weighted by atomic mass is 32.2. The number of aromatic nitrogens is 3. The molecule has 1 amide bonds. The summed E-state index contributed by atoms with van der Waals surface area (Å²) in [5.41, 5.74) is 1.95. The van der Waals surface area contributed by atoms with Crippen molar-refractivity contribution in [3.63, 3.8) is 0 Å². The number of carbonyl (C=O) groups excluding carboxylic acids is 1. The first kappa shape index (κ1) is 21.1. The lowest BCUT2D eigenvalue weighted by molar-refractivity contribution is -0.118. The first-order valence-corrected chi connectivity index (χ1v) is 11.1. The largest absolute Gasteiger partial charge is 0.378 e. The Kier molecular flexibility index (Phi) is 7.30. The molecule has 1 aliphatic rings. The van der Waals surface area contributed by atoms with Crippen molar-refractivity contribution in [1.29, 1.82) is 0 Å². The third kappa shape index (κ3) is 6.40. The maximum atomic E-state index is 12.3. The van der Waals surface area contributed by atoms with Crippen LogP contribution in [0.3, 0.4) is 0 Å². The number of para-hydroxylation sites is 1. The van der Waals surface area contributed by atoms with Crippen LogP contribution in [0.15, 0.2) is 65.8 Å². The zero-order valence-corrected chi connectivity index (χ0v) is 17.8. The van der Waals surface area contributed by atoms with Crippen LogP contribution >= 0.6 is 11.8 Å². The molecular weight excluding hydrogens is 412 g/mol. The number of rotatable bonds is 8. The first-order valence-electron chi connectivity index (χ1n) is 10.1. The molecule has 8 nitrogen and oxygen atoms in total. The fourth-order valence-electron chi connectivity index (χ4n) is 3.00.